The van der Waals surface area contributed by atoms with Crippen molar-refractivity contribution < 1.29 is 9.53 Å². The van der Waals surface area contributed by atoms with Gasteiger partial charge in [-0.15, -0.1) is 0 Å². The van der Waals surface area contributed by atoms with E-state index in [0.717, 1.165) is 19.4 Å². The Morgan fingerprint density at radius 3 is 2.50 bits per heavy atom. The van der Waals surface area contributed by atoms with Crippen LogP contribution >= 0.6 is 0 Å². The molecule has 1 saturated carbocycles. The molecule has 0 saturated heterocycles. The fraction of sp³-hybridized carbons (Fsp3) is 0.909. The van der Waals surface area contributed by atoms with E-state index < -0.39 is 0 Å². The van der Waals surface area contributed by atoms with Crippen LogP contribution in [0.15, 0.2) is 0 Å². The molecule has 0 atom stereocenters. The average molecular weight is 199 g/mol. The van der Waals surface area contributed by atoms with Gasteiger partial charge in [0.15, 0.2) is 0 Å². The number of hydrogen-bond acceptors (Lipinski definition) is 3. The van der Waals surface area contributed by atoms with Gasteiger partial charge in [0, 0.05) is 0 Å². The molecule has 1 aliphatic rings. The van der Waals surface area contributed by atoms with E-state index in [0.29, 0.717) is 11.8 Å². The van der Waals surface area contributed by atoms with Gasteiger partial charge in [0.25, 0.3) is 0 Å². The maximum Gasteiger partial charge on any atom is 0.326 e. The van der Waals surface area contributed by atoms with Crippen LogP contribution in [0.5, 0.6) is 0 Å². The molecule has 1 rings (SSSR count). The molecule has 1 N–H and O–H groups in total. The molecule has 0 aromatic carbocycles. The van der Waals surface area contributed by atoms with Crippen LogP contribution in [0.25, 0.3) is 0 Å². The number of hydrogen-bond donors (Lipinski definition) is 1. The third-order valence-electron chi connectivity index (χ3n) is 2.82. The molecule has 3 nitrogen and oxygen atoms in total. The van der Waals surface area contributed by atoms with Crippen molar-refractivity contribution in [2.24, 2.45) is 11.8 Å². The number of carbonyl (C=O) groups is 1. The molecule has 0 unspecified atom stereocenters. The standard InChI is InChI=1S/C11H21NO2/c1-8(2)7-12-11(10(13)14-4)5-9(3)6-11/h8-9,12H,5-7H2,1-4H3. The van der Waals surface area contributed by atoms with Crippen molar-refractivity contribution in [2.75, 3.05) is 13.7 Å². The fourth-order valence-corrected chi connectivity index (χ4v) is 2.11. The van der Waals surface area contributed by atoms with Gasteiger partial charge in [-0.2, -0.15) is 0 Å². The summed E-state index contributed by atoms with van der Waals surface area (Å²) in [7, 11) is 1.46. The Morgan fingerprint density at radius 1 is 1.57 bits per heavy atom. The maximum atomic E-state index is 11.6. The molecular weight excluding hydrogens is 178 g/mol. The molecule has 0 aromatic rings. The number of esters is 1. The Bertz CT molecular complexity index is 207. The first-order chi connectivity index (χ1) is 6.50. The summed E-state index contributed by atoms with van der Waals surface area (Å²) in [5.41, 5.74) is -0.377. The van der Waals surface area contributed by atoms with Gasteiger partial charge in [0.2, 0.25) is 0 Å². The largest absolute Gasteiger partial charge is 0.468 e. The minimum absolute atomic E-state index is 0.101. The van der Waals surface area contributed by atoms with Crippen molar-refractivity contribution in [1.82, 2.24) is 5.32 Å². The zero-order valence-electron chi connectivity index (χ0n) is 9.59. The Hall–Kier alpha value is -0.570. The smallest absolute Gasteiger partial charge is 0.326 e. The minimum atomic E-state index is -0.377. The summed E-state index contributed by atoms with van der Waals surface area (Å²) < 4.78 is 4.84. The maximum absolute atomic E-state index is 11.6. The molecule has 0 amide bonds. The number of carbonyl (C=O) groups excluding carboxylic acids is 1. The third-order valence-corrected chi connectivity index (χ3v) is 2.82. The number of ether oxygens (including phenoxy) is 1. The van der Waals surface area contributed by atoms with Gasteiger partial charge in [-0.1, -0.05) is 20.8 Å². The first-order valence-electron chi connectivity index (χ1n) is 5.33. The van der Waals surface area contributed by atoms with Crippen LogP contribution in [0.4, 0.5) is 0 Å². The van der Waals surface area contributed by atoms with E-state index in [-0.39, 0.29) is 11.5 Å². The van der Waals surface area contributed by atoms with Crippen molar-refractivity contribution >= 4 is 5.97 Å². The van der Waals surface area contributed by atoms with Crippen LogP contribution in [0.2, 0.25) is 0 Å². The molecule has 0 aliphatic heterocycles. The van der Waals surface area contributed by atoms with Crippen molar-refractivity contribution in [3.8, 4) is 0 Å². The molecule has 0 aromatic heterocycles. The summed E-state index contributed by atoms with van der Waals surface area (Å²) in [5, 5.41) is 3.34. The Labute approximate surface area is 86.2 Å². The van der Waals surface area contributed by atoms with Gasteiger partial charge in [-0.25, -0.2) is 0 Å². The first-order valence-corrected chi connectivity index (χ1v) is 5.33. The van der Waals surface area contributed by atoms with E-state index in [2.05, 4.69) is 26.1 Å². The van der Waals surface area contributed by atoms with E-state index in [1.165, 1.54) is 7.11 Å². The lowest BCUT2D eigenvalue weighted by Crippen LogP contribution is -2.61. The summed E-state index contributed by atoms with van der Waals surface area (Å²) in [4.78, 5) is 11.6. The van der Waals surface area contributed by atoms with Crippen LogP contribution in [-0.2, 0) is 9.53 Å². The highest BCUT2D eigenvalue weighted by molar-refractivity contribution is 5.82. The number of rotatable bonds is 4. The van der Waals surface area contributed by atoms with Gasteiger partial charge in [-0.3, -0.25) is 4.79 Å². The fourth-order valence-electron chi connectivity index (χ4n) is 2.11. The minimum Gasteiger partial charge on any atom is -0.468 e. The molecule has 0 spiro atoms. The summed E-state index contributed by atoms with van der Waals surface area (Å²) in [6.07, 6.45) is 1.82. The van der Waals surface area contributed by atoms with E-state index in [9.17, 15) is 4.79 Å². The molecular formula is C11H21NO2. The lowest BCUT2D eigenvalue weighted by atomic mass is 9.69. The number of methoxy groups -OCH3 is 1. The molecule has 3 heteroatoms. The van der Waals surface area contributed by atoms with E-state index >= 15 is 0 Å². The molecule has 0 heterocycles. The predicted octanol–water partition coefficient (Wildman–Crippen LogP) is 1.57. The Kier molecular flexibility index (Phi) is 3.53. The van der Waals surface area contributed by atoms with E-state index in [1.807, 2.05) is 0 Å². The summed E-state index contributed by atoms with van der Waals surface area (Å²) in [6, 6.07) is 0. The third kappa shape index (κ3) is 2.27. The first kappa shape index (κ1) is 11.5. The highest BCUT2D eigenvalue weighted by atomic mass is 16.5. The van der Waals surface area contributed by atoms with Crippen molar-refractivity contribution in [3.63, 3.8) is 0 Å². The Balaban J connectivity index is 2.51. The lowest BCUT2D eigenvalue weighted by molar-refractivity contribution is -0.155. The second-order valence-electron chi connectivity index (χ2n) is 4.86. The number of nitrogens with one attached hydrogen (secondary N) is 1. The summed E-state index contributed by atoms with van der Waals surface area (Å²) in [5.74, 6) is 1.09. The van der Waals surface area contributed by atoms with Crippen LogP contribution in [-0.4, -0.2) is 25.2 Å². The van der Waals surface area contributed by atoms with Gasteiger partial charge < -0.3 is 10.1 Å². The quantitative estimate of drug-likeness (QED) is 0.698. The Morgan fingerprint density at radius 2 is 2.14 bits per heavy atom. The zero-order chi connectivity index (χ0) is 10.8. The topological polar surface area (TPSA) is 38.3 Å². The lowest BCUT2D eigenvalue weighted by Gasteiger charge is -2.44. The highest BCUT2D eigenvalue weighted by Gasteiger charge is 2.48. The van der Waals surface area contributed by atoms with Gasteiger partial charge in [0.1, 0.15) is 5.54 Å². The van der Waals surface area contributed by atoms with Crippen molar-refractivity contribution in [2.45, 2.75) is 39.2 Å². The SMILES string of the molecule is COC(=O)C1(NCC(C)C)CC(C)C1. The molecule has 1 fully saturated rings. The molecule has 14 heavy (non-hydrogen) atoms. The van der Waals surface area contributed by atoms with E-state index in [1.54, 1.807) is 0 Å². The van der Waals surface area contributed by atoms with Crippen LogP contribution < -0.4 is 5.32 Å². The van der Waals surface area contributed by atoms with Gasteiger partial charge >= 0.3 is 5.97 Å². The zero-order valence-corrected chi connectivity index (χ0v) is 9.59. The average Bonchev–Trinajstić information content (AvgIpc) is 2.08. The molecule has 82 valence electrons. The highest BCUT2D eigenvalue weighted by Crippen LogP contribution is 2.38. The van der Waals surface area contributed by atoms with E-state index in [4.69, 9.17) is 4.74 Å². The van der Waals surface area contributed by atoms with Crippen LogP contribution in [0, 0.1) is 11.8 Å². The predicted molar refractivity (Wildman–Crippen MR) is 56.0 cm³/mol. The monoisotopic (exact) mass is 199 g/mol. The second-order valence-corrected chi connectivity index (χ2v) is 4.86. The van der Waals surface area contributed by atoms with Crippen molar-refractivity contribution in [3.05, 3.63) is 0 Å². The summed E-state index contributed by atoms with van der Waals surface area (Å²) >= 11 is 0. The van der Waals surface area contributed by atoms with Crippen LogP contribution in [0.3, 0.4) is 0 Å². The van der Waals surface area contributed by atoms with Gasteiger partial charge in [-0.05, 0) is 31.2 Å². The second kappa shape index (κ2) is 4.30. The molecule has 0 radical (unpaired) electrons. The normalized spacial score (nSPS) is 31.4. The molecule has 0 bridgehead atoms. The van der Waals surface area contributed by atoms with Crippen molar-refractivity contribution in [1.29, 1.82) is 0 Å². The summed E-state index contributed by atoms with van der Waals surface area (Å²) in [6.45, 7) is 7.32. The molecule has 1 aliphatic carbocycles. The van der Waals surface area contributed by atoms with Gasteiger partial charge in [0.05, 0.1) is 7.11 Å². The van der Waals surface area contributed by atoms with Crippen LogP contribution in [0.1, 0.15) is 33.6 Å².